The first-order valence-electron chi connectivity index (χ1n) is 20.8. The molecule has 45 heavy (non-hydrogen) atoms. The van der Waals surface area contributed by atoms with Crippen molar-refractivity contribution in [2.45, 2.75) is 245 Å². The van der Waals surface area contributed by atoms with E-state index >= 15 is 0 Å². The third kappa shape index (κ3) is 39.8. The lowest BCUT2D eigenvalue weighted by Crippen LogP contribution is -2.02. The van der Waals surface area contributed by atoms with E-state index in [2.05, 4.69) is 13.8 Å². The Bertz CT molecular complexity index is 539. The Kier molecular flexibility index (Phi) is 39.6. The molecule has 0 saturated carbocycles. The second kappa shape index (κ2) is 39.9. The zero-order chi connectivity index (χ0) is 32.7. The monoisotopic (exact) mass is 651 g/mol. The lowest BCUT2D eigenvalue weighted by atomic mass is 10.0. The molecule has 0 amide bonds. The average Bonchev–Trinajstić information content (AvgIpc) is 3.04. The standard InChI is InChI=1S/C42H82O2S/c1-3-5-7-9-11-13-15-17-19-21-23-25-27-29-31-33-35-41(43)37-39-45-40-38-42(44)36-34-32-30-28-26-24-22-20-18-16-14-12-10-8-6-4-2/h3-40H2,1-2H3. The Morgan fingerprint density at radius 2 is 0.489 bits per heavy atom. The fourth-order valence-corrected chi connectivity index (χ4v) is 7.41. The molecular formula is C42H82O2S. The van der Waals surface area contributed by atoms with Crippen LogP contribution in [0, 0.1) is 0 Å². The molecular weight excluding hydrogens is 569 g/mol. The van der Waals surface area contributed by atoms with Gasteiger partial charge < -0.3 is 0 Å². The molecule has 0 fully saturated rings. The summed E-state index contributed by atoms with van der Waals surface area (Å²) in [6.45, 7) is 4.58. The van der Waals surface area contributed by atoms with Crippen LogP contribution in [0.5, 0.6) is 0 Å². The van der Waals surface area contributed by atoms with Gasteiger partial charge in [-0.3, -0.25) is 9.59 Å². The van der Waals surface area contributed by atoms with Crippen molar-refractivity contribution in [3.63, 3.8) is 0 Å². The van der Waals surface area contributed by atoms with Crippen LogP contribution in [0.1, 0.15) is 245 Å². The second-order valence-corrected chi connectivity index (χ2v) is 15.5. The van der Waals surface area contributed by atoms with Crippen molar-refractivity contribution in [3.8, 4) is 0 Å². The number of carbonyl (C=O) groups excluding carboxylic acids is 2. The van der Waals surface area contributed by atoms with Gasteiger partial charge in [-0.15, -0.1) is 0 Å². The quantitative estimate of drug-likeness (QED) is 0.0619. The Hall–Kier alpha value is -0.310. The highest BCUT2D eigenvalue weighted by molar-refractivity contribution is 7.99. The lowest BCUT2D eigenvalue weighted by molar-refractivity contribution is -0.119. The molecule has 0 heterocycles. The maximum absolute atomic E-state index is 12.2. The lowest BCUT2D eigenvalue weighted by Gasteiger charge is -2.05. The molecule has 268 valence electrons. The number of hydrogen-bond acceptors (Lipinski definition) is 3. The van der Waals surface area contributed by atoms with Gasteiger partial charge in [0.15, 0.2) is 0 Å². The van der Waals surface area contributed by atoms with Gasteiger partial charge in [-0.05, 0) is 12.8 Å². The van der Waals surface area contributed by atoms with Crippen molar-refractivity contribution >= 4 is 23.3 Å². The summed E-state index contributed by atoms with van der Waals surface area (Å²) in [6.07, 6.45) is 46.8. The number of unbranched alkanes of at least 4 members (excludes halogenated alkanes) is 30. The number of rotatable bonds is 40. The number of thioether (sulfide) groups is 1. The van der Waals surface area contributed by atoms with Crippen LogP contribution in [0.25, 0.3) is 0 Å². The molecule has 0 spiro atoms. The highest BCUT2D eigenvalue weighted by atomic mass is 32.2. The topological polar surface area (TPSA) is 34.1 Å². The molecule has 0 radical (unpaired) electrons. The molecule has 0 aromatic carbocycles. The van der Waals surface area contributed by atoms with Gasteiger partial charge in [0, 0.05) is 37.2 Å². The molecule has 0 rings (SSSR count). The Labute approximate surface area is 288 Å². The van der Waals surface area contributed by atoms with Crippen LogP contribution in [0.15, 0.2) is 0 Å². The zero-order valence-corrected chi connectivity index (χ0v) is 31.9. The van der Waals surface area contributed by atoms with Crippen molar-refractivity contribution < 1.29 is 9.59 Å². The molecule has 0 saturated heterocycles. The average molecular weight is 651 g/mol. The van der Waals surface area contributed by atoms with E-state index in [0.717, 1.165) is 37.2 Å². The van der Waals surface area contributed by atoms with Gasteiger partial charge in [0.05, 0.1) is 0 Å². The molecule has 0 aliphatic carbocycles. The molecule has 0 aliphatic heterocycles. The fourth-order valence-electron chi connectivity index (χ4n) is 6.46. The number of Topliss-reactive ketones (excluding diaryl/α,β-unsaturated/α-hetero) is 2. The van der Waals surface area contributed by atoms with Gasteiger partial charge in [-0.25, -0.2) is 0 Å². The molecule has 0 N–H and O–H groups in total. The molecule has 0 aliphatic rings. The highest BCUT2D eigenvalue weighted by Gasteiger charge is 2.05. The Morgan fingerprint density at radius 3 is 0.711 bits per heavy atom. The molecule has 0 bridgehead atoms. The van der Waals surface area contributed by atoms with Crippen LogP contribution in [-0.4, -0.2) is 23.1 Å². The molecule has 0 atom stereocenters. The Balaban J connectivity index is 3.25. The van der Waals surface area contributed by atoms with Crippen molar-refractivity contribution in [1.29, 1.82) is 0 Å². The first kappa shape index (κ1) is 44.7. The molecule has 0 aromatic rings. The van der Waals surface area contributed by atoms with Gasteiger partial charge in [-0.1, -0.05) is 206 Å². The maximum Gasteiger partial charge on any atom is 0.133 e. The molecule has 0 aromatic heterocycles. The molecule has 3 heteroatoms. The van der Waals surface area contributed by atoms with E-state index < -0.39 is 0 Å². The minimum absolute atomic E-state index is 0.423. The maximum atomic E-state index is 12.2. The van der Waals surface area contributed by atoms with Crippen molar-refractivity contribution in [1.82, 2.24) is 0 Å². The van der Waals surface area contributed by atoms with E-state index in [1.165, 1.54) is 193 Å². The summed E-state index contributed by atoms with van der Waals surface area (Å²) in [5.74, 6) is 2.63. The minimum Gasteiger partial charge on any atom is -0.300 e. The summed E-state index contributed by atoms with van der Waals surface area (Å²) in [4.78, 5) is 24.4. The van der Waals surface area contributed by atoms with E-state index in [9.17, 15) is 9.59 Å². The smallest absolute Gasteiger partial charge is 0.133 e. The van der Waals surface area contributed by atoms with Crippen LogP contribution < -0.4 is 0 Å². The van der Waals surface area contributed by atoms with Crippen LogP contribution in [-0.2, 0) is 9.59 Å². The van der Waals surface area contributed by atoms with Gasteiger partial charge in [0.1, 0.15) is 11.6 Å². The summed E-state index contributed by atoms with van der Waals surface area (Å²) in [5.41, 5.74) is 0. The summed E-state index contributed by atoms with van der Waals surface area (Å²) < 4.78 is 0. The third-order valence-electron chi connectivity index (χ3n) is 9.67. The predicted octanol–water partition coefficient (Wildman–Crippen LogP) is 14.9. The zero-order valence-electron chi connectivity index (χ0n) is 31.1. The van der Waals surface area contributed by atoms with Gasteiger partial charge >= 0.3 is 0 Å². The van der Waals surface area contributed by atoms with Crippen LogP contribution in [0.4, 0.5) is 0 Å². The summed E-state index contributed by atoms with van der Waals surface area (Å²) in [5, 5.41) is 0. The largest absolute Gasteiger partial charge is 0.300 e. The summed E-state index contributed by atoms with van der Waals surface area (Å²) in [7, 11) is 0. The fraction of sp³-hybridized carbons (Fsp3) is 0.952. The summed E-state index contributed by atoms with van der Waals surface area (Å²) in [6, 6.07) is 0. The number of ketones is 2. The second-order valence-electron chi connectivity index (χ2n) is 14.3. The van der Waals surface area contributed by atoms with E-state index in [1.807, 2.05) is 0 Å². The van der Waals surface area contributed by atoms with Crippen LogP contribution >= 0.6 is 11.8 Å². The van der Waals surface area contributed by atoms with Crippen molar-refractivity contribution in [2.75, 3.05) is 11.5 Å². The van der Waals surface area contributed by atoms with E-state index in [-0.39, 0.29) is 0 Å². The highest BCUT2D eigenvalue weighted by Crippen LogP contribution is 2.16. The predicted molar refractivity (Wildman–Crippen MR) is 205 cm³/mol. The van der Waals surface area contributed by atoms with Gasteiger partial charge in [-0.2, -0.15) is 11.8 Å². The first-order valence-corrected chi connectivity index (χ1v) is 22.0. The summed E-state index contributed by atoms with van der Waals surface area (Å²) >= 11 is 1.80. The van der Waals surface area contributed by atoms with E-state index in [4.69, 9.17) is 0 Å². The molecule has 2 nitrogen and oxygen atoms in total. The number of hydrogen-bond donors (Lipinski definition) is 0. The minimum atomic E-state index is 0.423. The van der Waals surface area contributed by atoms with Crippen LogP contribution in [0.2, 0.25) is 0 Å². The van der Waals surface area contributed by atoms with Gasteiger partial charge in [0.2, 0.25) is 0 Å². The third-order valence-corrected chi connectivity index (χ3v) is 10.7. The first-order chi connectivity index (χ1) is 22.2. The normalized spacial score (nSPS) is 11.4. The van der Waals surface area contributed by atoms with E-state index in [0.29, 0.717) is 24.4 Å². The molecule has 0 unspecified atom stereocenters. The van der Waals surface area contributed by atoms with Crippen molar-refractivity contribution in [3.05, 3.63) is 0 Å². The number of carbonyl (C=O) groups is 2. The van der Waals surface area contributed by atoms with Crippen molar-refractivity contribution in [2.24, 2.45) is 0 Å². The SMILES string of the molecule is CCCCCCCCCCCCCCCCCCC(=O)CCSCCC(=O)CCCCCCCCCCCCCCCCCC. The Morgan fingerprint density at radius 1 is 0.289 bits per heavy atom. The van der Waals surface area contributed by atoms with E-state index in [1.54, 1.807) is 11.8 Å². The van der Waals surface area contributed by atoms with Crippen LogP contribution in [0.3, 0.4) is 0 Å². The van der Waals surface area contributed by atoms with Gasteiger partial charge in [0.25, 0.3) is 0 Å².